The van der Waals surface area contributed by atoms with E-state index in [2.05, 4.69) is 31.9 Å². The number of rotatable bonds is 3. The summed E-state index contributed by atoms with van der Waals surface area (Å²) in [6.45, 7) is 0.0867. The van der Waals surface area contributed by atoms with Gasteiger partial charge in [-0.1, -0.05) is 22.0 Å². The van der Waals surface area contributed by atoms with Gasteiger partial charge < -0.3 is 4.74 Å². The van der Waals surface area contributed by atoms with Gasteiger partial charge in [-0.2, -0.15) is 0 Å². The summed E-state index contributed by atoms with van der Waals surface area (Å²) >= 11 is 6.37. The highest BCUT2D eigenvalue weighted by atomic mass is 79.9. The van der Waals surface area contributed by atoms with Gasteiger partial charge in [0.05, 0.1) is 4.47 Å². The Labute approximate surface area is 120 Å². The molecule has 0 heterocycles. The number of benzene rings is 2. The van der Waals surface area contributed by atoms with Crippen LogP contribution in [0.3, 0.4) is 0 Å². The molecular formula is C13H8Br2F2O. The van der Waals surface area contributed by atoms with Crippen LogP contribution in [0.4, 0.5) is 8.78 Å². The van der Waals surface area contributed by atoms with Gasteiger partial charge in [-0.3, -0.25) is 0 Å². The molecule has 0 amide bonds. The van der Waals surface area contributed by atoms with Gasteiger partial charge in [-0.15, -0.1) is 0 Å². The van der Waals surface area contributed by atoms with E-state index in [1.54, 1.807) is 12.1 Å². The van der Waals surface area contributed by atoms with E-state index in [0.717, 1.165) is 0 Å². The van der Waals surface area contributed by atoms with Crippen LogP contribution in [0.1, 0.15) is 5.56 Å². The second-order valence-electron chi connectivity index (χ2n) is 3.60. The molecule has 0 fully saturated rings. The van der Waals surface area contributed by atoms with Crippen molar-refractivity contribution < 1.29 is 13.5 Å². The van der Waals surface area contributed by atoms with Crippen LogP contribution in [0.15, 0.2) is 45.3 Å². The summed E-state index contributed by atoms with van der Waals surface area (Å²) in [7, 11) is 0. The highest BCUT2D eigenvalue weighted by Gasteiger charge is 2.06. The molecule has 0 N–H and O–H groups in total. The fourth-order valence-electron chi connectivity index (χ4n) is 1.39. The van der Waals surface area contributed by atoms with E-state index in [1.807, 2.05) is 0 Å². The Kier molecular flexibility index (Phi) is 4.35. The third-order valence-corrected chi connectivity index (χ3v) is 3.41. The topological polar surface area (TPSA) is 9.23 Å². The maximum Gasteiger partial charge on any atom is 0.134 e. The molecule has 0 bridgehead atoms. The monoisotopic (exact) mass is 376 g/mol. The van der Waals surface area contributed by atoms with E-state index in [0.29, 0.717) is 20.3 Å². The highest BCUT2D eigenvalue weighted by molar-refractivity contribution is 9.10. The Bertz CT molecular complexity index is 521. The van der Waals surface area contributed by atoms with Crippen LogP contribution in [-0.4, -0.2) is 0 Å². The standard InChI is InChI=1S/C13H8Br2F2O/c14-9-2-1-8(12(17)5-9)7-18-13-4-3-10(16)6-11(13)15/h1-6H,7H2. The van der Waals surface area contributed by atoms with E-state index >= 15 is 0 Å². The van der Waals surface area contributed by atoms with Crippen molar-refractivity contribution in [2.45, 2.75) is 6.61 Å². The molecule has 2 aromatic carbocycles. The van der Waals surface area contributed by atoms with Crippen LogP contribution >= 0.6 is 31.9 Å². The number of hydrogen-bond donors (Lipinski definition) is 0. The fraction of sp³-hybridized carbons (Fsp3) is 0.0769. The summed E-state index contributed by atoms with van der Waals surface area (Å²) in [5.74, 6) is -0.231. The first kappa shape index (κ1) is 13.5. The molecule has 94 valence electrons. The van der Waals surface area contributed by atoms with E-state index in [9.17, 15) is 8.78 Å². The van der Waals surface area contributed by atoms with Crippen LogP contribution in [-0.2, 0) is 6.61 Å². The Morgan fingerprint density at radius 1 is 1.00 bits per heavy atom. The van der Waals surface area contributed by atoms with Crippen molar-refractivity contribution in [2.24, 2.45) is 0 Å². The zero-order valence-corrected chi connectivity index (χ0v) is 12.3. The maximum atomic E-state index is 13.5. The van der Waals surface area contributed by atoms with Crippen molar-refractivity contribution in [3.05, 3.63) is 62.5 Å². The lowest BCUT2D eigenvalue weighted by atomic mass is 10.2. The summed E-state index contributed by atoms with van der Waals surface area (Å²) < 4.78 is 33.0. The maximum absolute atomic E-state index is 13.5. The molecule has 18 heavy (non-hydrogen) atoms. The highest BCUT2D eigenvalue weighted by Crippen LogP contribution is 2.26. The van der Waals surface area contributed by atoms with E-state index < -0.39 is 0 Å². The predicted molar refractivity (Wildman–Crippen MR) is 72.5 cm³/mol. The van der Waals surface area contributed by atoms with Crippen molar-refractivity contribution >= 4 is 31.9 Å². The average Bonchev–Trinajstić information content (AvgIpc) is 2.30. The van der Waals surface area contributed by atoms with Crippen LogP contribution < -0.4 is 4.74 Å². The quantitative estimate of drug-likeness (QED) is 0.725. The first-order valence-electron chi connectivity index (χ1n) is 5.08. The smallest absolute Gasteiger partial charge is 0.134 e. The molecule has 0 spiro atoms. The lowest BCUT2D eigenvalue weighted by Gasteiger charge is -2.09. The lowest BCUT2D eigenvalue weighted by molar-refractivity contribution is 0.297. The summed E-state index contributed by atoms with van der Waals surface area (Å²) in [5, 5.41) is 0. The molecule has 5 heteroatoms. The molecule has 2 aromatic rings. The van der Waals surface area contributed by atoms with Crippen LogP contribution in [0, 0.1) is 11.6 Å². The lowest BCUT2D eigenvalue weighted by Crippen LogP contribution is -1.99. The second-order valence-corrected chi connectivity index (χ2v) is 5.37. The van der Waals surface area contributed by atoms with Crippen molar-refractivity contribution in [1.82, 2.24) is 0 Å². The van der Waals surface area contributed by atoms with Crippen molar-refractivity contribution in [1.29, 1.82) is 0 Å². The van der Waals surface area contributed by atoms with Crippen LogP contribution in [0.5, 0.6) is 5.75 Å². The normalized spacial score (nSPS) is 10.4. The number of ether oxygens (including phenoxy) is 1. The fourth-order valence-corrected chi connectivity index (χ4v) is 2.18. The largest absolute Gasteiger partial charge is 0.488 e. The van der Waals surface area contributed by atoms with Crippen LogP contribution in [0.2, 0.25) is 0 Å². The first-order valence-corrected chi connectivity index (χ1v) is 6.66. The van der Waals surface area contributed by atoms with Crippen LogP contribution in [0.25, 0.3) is 0 Å². The van der Waals surface area contributed by atoms with Crippen molar-refractivity contribution in [3.8, 4) is 5.75 Å². The molecule has 0 aliphatic rings. The predicted octanol–water partition coefficient (Wildman–Crippen LogP) is 5.07. The van der Waals surface area contributed by atoms with Gasteiger partial charge in [0.15, 0.2) is 0 Å². The molecule has 0 saturated carbocycles. The van der Waals surface area contributed by atoms with Gasteiger partial charge in [0.1, 0.15) is 24.0 Å². The molecule has 0 unspecified atom stereocenters. The molecule has 0 aliphatic heterocycles. The number of halogens is 4. The van der Waals surface area contributed by atoms with Gasteiger partial charge in [-0.25, -0.2) is 8.78 Å². The van der Waals surface area contributed by atoms with Crippen molar-refractivity contribution in [3.63, 3.8) is 0 Å². The van der Waals surface area contributed by atoms with Gasteiger partial charge in [0, 0.05) is 10.0 Å². The zero-order valence-electron chi connectivity index (χ0n) is 9.09. The summed E-state index contributed by atoms with van der Waals surface area (Å²) in [5.41, 5.74) is 0.439. The molecule has 0 aromatic heterocycles. The average molecular weight is 378 g/mol. The second kappa shape index (κ2) is 5.80. The minimum Gasteiger partial charge on any atom is -0.488 e. The molecule has 1 nitrogen and oxygen atoms in total. The van der Waals surface area contributed by atoms with E-state index in [1.165, 1.54) is 24.3 Å². The third-order valence-electron chi connectivity index (χ3n) is 2.29. The van der Waals surface area contributed by atoms with E-state index in [-0.39, 0.29) is 18.2 Å². The van der Waals surface area contributed by atoms with E-state index in [4.69, 9.17) is 4.74 Å². The molecule has 0 radical (unpaired) electrons. The zero-order chi connectivity index (χ0) is 13.1. The Balaban J connectivity index is 2.11. The summed E-state index contributed by atoms with van der Waals surface area (Å²) in [6.07, 6.45) is 0. The van der Waals surface area contributed by atoms with Crippen molar-refractivity contribution in [2.75, 3.05) is 0 Å². The molecule has 0 saturated heterocycles. The van der Waals surface area contributed by atoms with Gasteiger partial charge in [0.2, 0.25) is 0 Å². The molecule has 2 rings (SSSR count). The first-order chi connectivity index (χ1) is 8.56. The summed E-state index contributed by atoms with van der Waals surface area (Å²) in [6, 6.07) is 8.83. The number of hydrogen-bond acceptors (Lipinski definition) is 1. The van der Waals surface area contributed by atoms with Gasteiger partial charge in [0.25, 0.3) is 0 Å². The van der Waals surface area contributed by atoms with Gasteiger partial charge in [-0.05, 0) is 46.3 Å². The molecule has 0 atom stereocenters. The minimum atomic E-state index is -0.357. The van der Waals surface area contributed by atoms with Gasteiger partial charge >= 0.3 is 0 Å². The Morgan fingerprint density at radius 3 is 2.44 bits per heavy atom. The third kappa shape index (κ3) is 3.29. The minimum absolute atomic E-state index is 0.0867. The molecule has 0 aliphatic carbocycles. The Morgan fingerprint density at radius 2 is 1.78 bits per heavy atom. The Hall–Kier alpha value is -0.940. The molecular weight excluding hydrogens is 370 g/mol. The SMILES string of the molecule is Fc1ccc(OCc2ccc(Br)cc2F)c(Br)c1. The summed E-state index contributed by atoms with van der Waals surface area (Å²) in [4.78, 5) is 0.